The van der Waals surface area contributed by atoms with E-state index in [2.05, 4.69) is 4.98 Å². The molecular formula is C20H29N3O6S. The van der Waals surface area contributed by atoms with Crippen molar-refractivity contribution in [2.24, 2.45) is 5.14 Å². The summed E-state index contributed by atoms with van der Waals surface area (Å²) in [6.07, 6.45) is 2.36. The quantitative estimate of drug-likeness (QED) is 0.510. The lowest BCUT2D eigenvalue weighted by Gasteiger charge is -2.23. The van der Waals surface area contributed by atoms with Crippen LogP contribution in [-0.2, 0) is 21.5 Å². The molecule has 0 aliphatic heterocycles. The van der Waals surface area contributed by atoms with Crippen LogP contribution in [0.2, 0.25) is 0 Å². The first kappa shape index (κ1) is 23.8. The average Bonchev–Trinajstić information content (AvgIpc) is 2.68. The molecule has 166 valence electrons. The van der Waals surface area contributed by atoms with Crippen LogP contribution in [0.15, 0.2) is 46.1 Å². The Morgan fingerprint density at radius 3 is 2.57 bits per heavy atom. The lowest BCUT2D eigenvalue weighted by atomic mass is 9.95. The van der Waals surface area contributed by atoms with Gasteiger partial charge in [0.2, 0.25) is 10.0 Å². The summed E-state index contributed by atoms with van der Waals surface area (Å²) in [7, 11) is -3.85. The van der Waals surface area contributed by atoms with Gasteiger partial charge in [0.05, 0.1) is 18.0 Å². The van der Waals surface area contributed by atoms with Crippen LogP contribution in [0.5, 0.6) is 5.75 Å². The minimum absolute atomic E-state index is 0.0503. The second-order valence-corrected chi connectivity index (χ2v) is 9.01. The Hall–Kier alpha value is -2.43. The largest absolute Gasteiger partial charge is 0.491 e. The van der Waals surface area contributed by atoms with Crippen LogP contribution in [0, 0.1) is 0 Å². The highest BCUT2D eigenvalue weighted by molar-refractivity contribution is 7.89. The van der Waals surface area contributed by atoms with E-state index in [4.69, 9.17) is 14.6 Å². The van der Waals surface area contributed by atoms with Gasteiger partial charge in [0.1, 0.15) is 12.5 Å². The van der Waals surface area contributed by atoms with Gasteiger partial charge in [-0.3, -0.25) is 14.3 Å². The lowest BCUT2D eigenvalue weighted by molar-refractivity contribution is 0.0706. The topological polar surface area (TPSA) is 133 Å². The smallest absolute Gasteiger partial charge is 0.330 e. The van der Waals surface area contributed by atoms with Crippen molar-refractivity contribution in [3.8, 4) is 5.75 Å². The first-order valence-corrected chi connectivity index (χ1v) is 11.4. The Bertz CT molecular complexity index is 1050. The minimum atomic E-state index is -3.85. The summed E-state index contributed by atoms with van der Waals surface area (Å²) in [4.78, 5) is 24.9. The Kier molecular flexibility index (Phi) is 8.39. The molecule has 0 radical (unpaired) electrons. The van der Waals surface area contributed by atoms with Gasteiger partial charge in [-0.05, 0) is 43.4 Å². The summed E-state index contributed by atoms with van der Waals surface area (Å²) in [6, 6.07) is 8.53. The molecule has 0 aliphatic rings. The molecule has 30 heavy (non-hydrogen) atoms. The van der Waals surface area contributed by atoms with Gasteiger partial charge in [-0.1, -0.05) is 26.0 Å². The molecule has 0 saturated carbocycles. The number of nitrogens with zero attached hydrogens (tertiary/aromatic N) is 1. The molecular weight excluding hydrogens is 410 g/mol. The Balaban J connectivity index is 2.05. The van der Waals surface area contributed by atoms with Crippen LogP contribution in [-0.4, -0.2) is 35.9 Å². The molecule has 0 saturated heterocycles. The number of nitrogens with one attached hydrogen (secondary N) is 1. The van der Waals surface area contributed by atoms with E-state index in [1.54, 1.807) is 6.92 Å². The van der Waals surface area contributed by atoms with Crippen LogP contribution < -0.4 is 21.1 Å². The molecule has 0 bridgehead atoms. The molecule has 1 heterocycles. The van der Waals surface area contributed by atoms with Crippen molar-refractivity contribution in [3.05, 3.63) is 62.9 Å². The number of hydrogen-bond donors (Lipinski definition) is 2. The minimum Gasteiger partial charge on any atom is -0.491 e. The van der Waals surface area contributed by atoms with Crippen LogP contribution in [0.1, 0.15) is 45.1 Å². The number of ether oxygens (including phenoxy) is 2. The van der Waals surface area contributed by atoms with Gasteiger partial charge in [-0.15, -0.1) is 0 Å². The van der Waals surface area contributed by atoms with Gasteiger partial charge in [0.15, 0.2) is 0 Å². The van der Waals surface area contributed by atoms with Crippen molar-refractivity contribution in [2.45, 2.75) is 57.6 Å². The van der Waals surface area contributed by atoms with Crippen molar-refractivity contribution in [1.82, 2.24) is 9.55 Å². The Morgan fingerprint density at radius 2 is 1.93 bits per heavy atom. The van der Waals surface area contributed by atoms with E-state index in [0.29, 0.717) is 5.75 Å². The highest BCUT2D eigenvalue weighted by Gasteiger charge is 2.29. The van der Waals surface area contributed by atoms with Crippen molar-refractivity contribution in [3.63, 3.8) is 0 Å². The fourth-order valence-corrected chi connectivity index (χ4v) is 4.16. The second-order valence-electron chi connectivity index (χ2n) is 7.23. The number of rotatable bonds is 11. The maximum absolute atomic E-state index is 12.2. The van der Waals surface area contributed by atoms with Crippen molar-refractivity contribution < 1.29 is 17.9 Å². The van der Waals surface area contributed by atoms with Crippen molar-refractivity contribution in [1.29, 1.82) is 0 Å². The summed E-state index contributed by atoms with van der Waals surface area (Å²) >= 11 is 0. The van der Waals surface area contributed by atoms with Gasteiger partial charge in [0, 0.05) is 12.3 Å². The molecule has 3 atom stereocenters. The maximum atomic E-state index is 12.2. The molecule has 0 spiro atoms. The van der Waals surface area contributed by atoms with E-state index in [9.17, 15) is 18.0 Å². The van der Waals surface area contributed by atoms with E-state index < -0.39 is 26.5 Å². The molecule has 3 N–H and O–H groups in total. The number of hydrogen-bond acceptors (Lipinski definition) is 6. The first-order chi connectivity index (χ1) is 14.1. The van der Waals surface area contributed by atoms with Crippen molar-refractivity contribution in [2.75, 3.05) is 6.61 Å². The molecule has 1 aromatic carbocycles. The summed E-state index contributed by atoms with van der Waals surface area (Å²) in [5.41, 5.74) is -0.303. The summed E-state index contributed by atoms with van der Waals surface area (Å²) < 4.78 is 36.9. The van der Waals surface area contributed by atoms with Gasteiger partial charge in [-0.2, -0.15) is 0 Å². The molecule has 0 amide bonds. The number of nitrogens with two attached hydrogens (primary N) is 1. The predicted molar refractivity (Wildman–Crippen MR) is 114 cm³/mol. The van der Waals surface area contributed by atoms with Gasteiger partial charge in [-0.25, -0.2) is 18.4 Å². The Labute approximate surface area is 175 Å². The summed E-state index contributed by atoms with van der Waals surface area (Å²) in [5, 5.41) is 4.61. The maximum Gasteiger partial charge on any atom is 0.330 e. The zero-order valence-corrected chi connectivity index (χ0v) is 18.2. The van der Waals surface area contributed by atoms with E-state index >= 15 is 0 Å². The fourth-order valence-electron chi connectivity index (χ4n) is 3.01. The summed E-state index contributed by atoms with van der Waals surface area (Å²) in [5.74, 6) is 0.287. The standard InChI is InChI=1S/C20H29N3O6S/c1-4-14(2)29-17-7-5-6-16(12-17)15(3)18(30(21,26)27)9-11-28-13-23-10-8-19(24)22-20(23)25/h5-8,10,12,14-15,18H,4,9,11,13H2,1-3H3,(H2,21,26,27)(H,22,24,25)/t14-,15-,18?/m1/s1. The van der Waals surface area contributed by atoms with Crippen molar-refractivity contribution >= 4 is 10.0 Å². The molecule has 10 heteroatoms. The Morgan fingerprint density at radius 1 is 1.20 bits per heavy atom. The lowest BCUT2D eigenvalue weighted by Crippen LogP contribution is -2.34. The van der Waals surface area contributed by atoms with Crippen LogP contribution in [0.4, 0.5) is 0 Å². The van der Waals surface area contributed by atoms with E-state index in [0.717, 1.165) is 12.0 Å². The highest BCUT2D eigenvalue weighted by Crippen LogP contribution is 2.28. The molecule has 0 fully saturated rings. The molecule has 2 rings (SSSR count). The normalized spacial score (nSPS) is 14.8. The zero-order valence-electron chi connectivity index (χ0n) is 17.4. The van der Waals surface area contributed by atoms with Gasteiger partial charge >= 0.3 is 5.69 Å². The zero-order chi connectivity index (χ0) is 22.3. The number of primary sulfonamides is 1. The van der Waals surface area contributed by atoms with Gasteiger partial charge < -0.3 is 9.47 Å². The number of aromatic nitrogens is 2. The van der Waals surface area contributed by atoms with Gasteiger partial charge in [0.25, 0.3) is 5.56 Å². The predicted octanol–water partition coefficient (Wildman–Crippen LogP) is 1.54. The number of benzene rings is 1. The monoisotopic (exact) mass is 439 g/mol. The SMILES string of the molecule is CC[C@@H](C)Oc1cccc([C@@H](C)C(CCOCn2ccc(=O)[nH]c2=O)S(N)(=O)=O)c1. The number of H-pyrrole nitrogens is 1. The molecule has 9 nitrogen and oxygen atoms in total. The second kappa shape index (κ2) is 10.6. The van der Waals surface area contributed by atoms with Crippen LogP contribution in [0.25, 0.3) is 0 Å². The first-order valence-electron chi connectivity index (χ1n) is 9.77. The third kappa shape index (κ3) is 6.82. The molecule has 1 aromatic heterocycles. The number of aromatic amines is 1. The van der Waals surface area contributed by atoms with E-state index in [1.807, 2.05) is 38.1 Å². The molecule has 0 aliphatic carbocycles. The average molecular weight is 440 g/mol. The number of sulfonamides is 1. The third-order valence-corrected chi connectivity index (χ3v) is 6.44. The van der Waals surface area contributed by atoms with Crippen LogP contribution >= 0.6 is 0 Å². The highest BCUT2D eigenvalue weighted by atomic mass is 32.2. The molecule has 2 aromatic rings. The third-order valence-electron chi connectivity index (χ3n) is 4.95. The van der Waals surface area contributed by atoms with E-state index in [1.165, 1.54) is 16.8 Å². The fraction of sp³-hybridized carbons (Fsp3) is 0.500. The molecule has 1 unspecified atom stereocenters. The summed E-state index contributed by atoms with van der Waals surface area (Å²) in [6.45, 7) is 5.74. The van der Waals surface area contributed by atoms with E-state index in [-0.39, 0.29) is 31.8 Å². The van der Waals surface area contributed by atoms with Crippen LogP contribution in [0.3, 0.4) is 0 Å².